The van der Waals surface area contributed by atoms with Crippen molar-refractivity contribution in [3.63, 3.8) is 0 Å². The van der Waals surface area contributed by atoms with Gasteiger partial charge in [-0.1, -0.05) is 12.8 Å². The van der Waals surface area contributed by atoms with E-state index in [2.05, 4.69) is 10.9 Å². The number of aliphatic carboxylic acids is 1. The van der Waals surface area contributed by atoms with Gasteiger partial charge in [0.2, 0.25) is 5.76 Å². The van der Waals surface area contributed by atoms with Crippen LogP contribution < -0.4 is 11.5 Å². The number of carboxylic acid groups (broad SMARTS) is 1. The summed E-state index contributed by atoms with van der Waals surface area (Å²) in [5.41, 5.74) is 10.9. The highest BCUT2D eigenvalue weighted by molar-refractivity contribution is 5.85. The first-order chi connectivity index (χ1) is 18.2. The number of ether oxygens (including phenoxy) is 6. The molecule has 14 nitrogen and oxygen atoms in total. The molecular formula is C24H39N3O11. The molecule has 1 aliphatic heterocycles. The number of hydrogen-bond donors (Lipinski definition) is 5. The number of nitrogens with zero attached hydrogens (tertiary/aromatic N) is 1. The van der Waals surface area contributed by atoms with Crippen LogP contribution in [-0.2, 0) is 38.0 Å². The summed E-state index contributed by atoms with van der Waals surface area (Å²) in [6.07, 6.45) is 2.50. The van der Waals surface area contributed by atoms with E-state index in [-0.39, 0.29) is 25.6 Å². The van der Waals surface area contributed by atoms with Crippen molar-refractivity contribution >= 4 is 17.9 Å². The molecule has 0 saturated heterocycles. The fraction of sp³-hybridized carbons (Fsp3) is 0.708. The van der Waals surface area contributed by atoms with Crippen LogP contribution in [0.4, 0.5) is 0 Å². The zero-order valence-corrected chi connectivity index (χ0v) is 21.5. The van der Waals surface area contributed by atoms with E-state index in [1.807, 2.05) is 0 Å². The number of nitrogens with two attached hydrogens (primary N) is 2. The standard InChI is InChI=1S/C24H39N3O11/c1-3-6-33-8-10-35-12-13-36-11-9-34-7-4-5-20(30)38-22(18(29)15-28)21-16(2)17(27-24(25)26)14-19(37-21)23(31)32/h1,14,16-18,21-22,28-29H,4-13,15H2,2H3,(H,31,32)(H4,25,26,27)/t16-,17+,18-,21-,22-/m1/s1. The number of aliphatic imine (C=N–C) groups is 1. The molecule has 0 aromatic carbocycles. The number of aliphatic hydroxyl groups is 2. The second-order valence-electron chi connectivity index (χ2n) is 8.22. The molecule has 0 amide bonds. The minimum absolute atomic E-state index is 0.0504. The molecule has 0 unspecified atom stereocenters. The molecule has 0 aromatic rings. The minimum atomic E-state index is -1.53. The number of carbonyl (C=O) groups excluding carboxylic acids is 1. The smallest absolute Gasteiger partial charge is 0.370 e. The summed E-state index contributed by atoms with van der Waals surface area (Å²) in [6.45, 7) is 3.70. The number of carbonyl (C=O) groups is 2. The molecular weight excluding hydrogens is 506 g/mol. The molecule has 1 aliphatic rings. The maximum atomic E-state index is 12.4. The number of guanidine groups is 1. The molecule has 0 aliphatic carbocycles. The SMILES string of the molecule is C#CCOCCOCCOCCOCCCC(=O)O[C@@H]([C@@H]1OC(C(=O)O)=C[C@H](N=C(N)N)[C@H]1C)[C@H](O)CO. The highest BCUT2D eigenvalue weighted by Gasteiger charge is 2.43. The minimum Gasteiger partial charge on any atom is -0.479 e. The van der Waals surface area contributed by atoms with Crippen LogP contribution in [0.1, 0.15) is 19.8 Å². The predicted octanol–water partition coefficient (Wildman–Crippen LogP) is -1.62. The Morgan fingerprint density at radius 1 is 1.11 bits per heavy atom. The number of hydrogen-bond acceptors (Lipinski definition) is 11. The molecule has 0 spiro atoms. The summed E-state index contributed by atoms with van der Waals surface area (Å²) >= 11 is 0. The van der Waals surface area contributed by atoms with Gasteiger partial charge in [-0.05, 0) is 12.5 Å². The number of carboxylic acids is 1. The molecule has 14 heteroatoms. The van der Waals surface area contributed by atoms with Crippen LogP contribution in [-0.4, -0.2) is 117 Å². The van der Waals surface area contributed by atoms with Gasteiger partial charge in [0, 0.05) is 18.9 Å². The number of esters is 1. The Balaban J connectivity index is 2.42. The van der Waals surface area contributed by atoms with Crippen molar-refractivity contribution in [2.75, 3.05) is 59.5 Å². The molecule has 0 aromatic heterocycles. The van der Waals surface area contributed by atoms with E-state index in [0.29, 0.717) is 46.1 Å². The van der Waals surface area contributed by atoms with Crippen molar-refractivity contribution < 1.29 is 53.3 Å². The molecule has 216 valence electrons. The van der Waals surface area contributed by atoms with Gasteiger partial charge in [0.05, 0.1) is 52.3 Å². The van der Waals surface area contributed by atoms with Gasteiger partial charge in [-0.25, -0.2) is 9.79 Å². The summed E-state index contributed by atoms with van der Waals surface area (Å²) in [7, 11) is 0. The summed E-state index contributed by atoms with van der Waals surface area (Å²) in [5, 5.41) is 29.2. The van der Waals surface area contributed by atoms with Crippen molar-refractivity contribution in [1.82, 2.24) is 0 Å². The first-order valence-corrected chi connectivity index (χ1v) is 12.1. The maximum Gasteiger partial charge on any atom is 0.370 e. The predicted molar refractivity (Wildman–Crippen MR) is 134 cm³/mol. The van der Waals surface area contributed by atoms with Crippen molar-refractivity contribution in [2.24, 2.45) is 22.4 Å². The average molecular weight is 546 g/mol. The van der Waals surface area contributed by atoms with E-state index >= 15 is 0 Å². The van der Waals surface area contributed by atoms with Gasteiger partial charge in [-0.3, -0.25) is 4.79 Å². The Labute approximate surface area is 221 Å². The third-order valence-electron chi connectivity index (χ3n) is 5.28. The van der Waals surface area contributed by atoms with E-state index in [0.717, 1.165) is 0 Å². The second kappa shape index (κ2) is 19.2. The van der Waals surface area contributed by atoms with Gasteiger partial charge in [-0.2, -0.15) is 0 Å². The van der Waals surface area contributed by atoms with E-state index in [1.54, 1.807) is 6.92 Å². The van der Waals surface area contributed by atoms with Crippen LogP contribution >= 0.6 is 0 Å². The van der Waals surface area contributed by atoms with E-state index in [9.17, 15) is 24.9 Å². The molecule has 7 N–H and O–H groups in total. The van der Waals surface area contributed by atoms with Crippen LogP contribution in [0, 0.1) is 18.3 Å². The molecule has 1 heterocycles. The fourth-order valence-corrected chi connectivity index (χ4v) is 3.40. The van der Waals surface area contributed by atoms with Gasteiger partial charge in [0.1, 0.15) is 18.8 Å². The van der Waals surface area contributed by atoms with E-state index in [1.165, 1.54) is 6.08 Å². The average Bonchev–Trinajstić information content (AvgIpc) is 2.88. The van der Waals surface area contributed by atoms with Crippen LogP contribution in [0.15, 0.2) is 16.8 Å². The molecule has 1 rings (SSSR count). The molecule has 0 radical (unpaired) electrons. The van der Waals surface area contributed by atoms with E-state index in [4.69, 9.17) is 46.3 Å². The lowest BCUT2D eigenvalue weighted by Crippen LogP contribution is -2.51. The molecule has 38 heavy (non-hydrogen) atoms. The normalized spacial score (nSPS) is 20.4. The molecule has 0 fully saturated rings. The second-order valence-corrected chi connectivity index (χ2v) is 8.22. The van der Waals surface area contributed by atoms with Crippen LogP contribution in [0.2, 0.25) is 0 Å². The van der Waals surface area contributed by atoms with Crippen molar-refractivity contribution in [2.45, 2.75) is 44.1 Å². The first kappa shape index (κ1) is 33.1. The quantitative estimate of drug-likeness (QED) is 0.0383. The Bertz CT molecular complexity index is 811. The summed E-state index contributed by atoms with van der Waals surface area (Å²) in [6, 6.07) is -0.813. The van der Waals surface area contributed by atoms with Gasteiger partial charge in [0.15, 0.2) is 12.1 Å². The summed E-state index contributed by atoms with van der Waals surface area (Å²) in [4.78, 5) is 27.9. The molecule has 0 bridgehead atoms. The zero-order valence-electron chi connectivity index (χ0n) is 21.5. The van der Waals surface area contributed by atoms with Crippen LogP contribution in [0.3, 0.4) is 0 Å². The molecule has 5 atom stereocenters. The Morgan fingerprint density at radius 3 is 2.21 bits per heavy atom. The largest absolute Gasteiger partial charge is 0.479 e. The van der Waals surface area contributed by atoms with E-state index < -0.39 is 54.6 Å². The van der Waals surface area contributed by atoms with Crippen LogP contribution in [0.5, 0.6) is 0 Å². The van der Waals surface area contributed by atoms with Crippen molar-refractivity contribution in [1.29, 1.82) is 0 Å². The topological polar surface area (TPSA) is 215 Å². The Morgan fingerprint density at radius 2 is 1.68 bits per heavy atom. The Kier molecular flexibility index (Phi) is 16.7. The van der Waals surface area contributed by atoms with Crippen molar-refractivity contribution in [3.05, 3.63) is 11.8 Å². The number of rotatable bonds is 20. The highest BCUT2D eigenvalue weighted by atomic mass is 16.6. The summed E-state index contributed by atoms with van der Waals surface area (Å²) < 4.78 is 32.0. The maximum absolute atomic E-state index is 12.4. The zero-order chi connectivity index (χ0) is 28.3. The van der Waals surface area contributed by atoms with Gasteiger partial charge >= 0.3 is 11.9 Å². The van der Waals surface area contributed by atoms with Crippen LogP contribution in [0.25, 0.3) is 0 Å². The third-order valence-corrected chi connectivity index (χ3v) is 5.28. The number of terminal acetylenes is 1. The van der Waals surface area contributed by atoms with Gasteiger partial charge < -0.3 is 55.2 Å². The van der Waals surface area contributed by atoms with Gasteiger partial charge in [-0.15, -0.1) is 6.42 Å². The monoisotopic (exact) mass is 545 g/mol. The highest BCUT2D eigenvalue weighted by Crippen LogP contribution is 2.30. The molecule has 0 saturated carbocycles. The van der Waals surface area contributed by atoms with Crippen molar-refractivity contribution in [3.8, 4) is 12.3 Å². The lowest BCUT2D eigenvalue weighted by atomic mass is 9.87. The number of aliphatic hydroxyl groups excluding tert-OH is 2. The summed E-state index contributed by atoms with van der Waals surface area (Å²) in [5.74, 6) is -1.07. The lowest BCUT2D eigenvalue weighted by molar-refractivity contribution is -0.176. The first-order valence-electron chi connectivity index (χ1n) is 12.1. The lowest BCUT2D eigenvalue weighted by Gasteiger charge is -2.38. The fourth-order valence-electron chi connectivity index (χ4n) is 3.40. The Hall–Kier alpha value is -2.93. The van der Waals surface area contributed by atoms with Gasteiger partial charge in [0.25, 0.3) is 0 Å². The third kappa shape index (κ3) is 13.0.